The van der Waals surface area contributed by atoms with E-state index in [1.165, 1.54) is 0 Å². The van der Waals surface area contributed by atoms with Gasteiger partial charge in [0.25, 0.3) is 0 Å². The summed E-state index contributed by atoms with van der Waals surface area (Å²) in [6, 6.07) is 7.18. The van der Waals surface area contributed by atoms with Gasteiger partial charge in [-0.05, 0) is 17.7 Å². The predicted octanol–water partition coefficient (Wildman–Crippen LogP) is 0.288. The van der Waals surface area contributed by atoms with E-state index < -0.39 is 24.1 Å². The highest BCUT2D eigenvalue weighted by Crippen LogP contribution is 2.18. The van der Waals surface area contributed by atoms with Crippen molar-refractivity contribution in [3.05, 3.63) is 35.4 Å². The fraction of sp³-hybridized carbons (Fsp3) is 0.357. The monoisotopic (exact) mass is 289 g/mol. The molecule has 1 fully saturated rings. The van der Waals surface area contributed by atoms with Gasteiger partial charge in [-0.15, -0.1) is 0 Å². The zero-order chi connectivity index (χ0) is 15.4. The van der Waals surface area contributed by atoms with Gasteiger partial charge in [0, 0.05) is 19.5 Å². The van der Waals surface area contributed by atoms with Crippen molar-refractivity contribution >= 4 is 12.0 Å². The Balaban J connectivity index is 1.94. The van der Waals surface area contributed by atoms with Gasteiger partial charge in [0.15, 0.2) is 0 Å². The molecule has 1 aliphatic rings. The molecule has 7 heteroatoms. The van der Waals surface area contributed by atoms with Crippen molar-refractivity contribution < 1.29 is 19.8 Å². The lowest BCUT2D eigenvalue weighted by molar-refractivity contribution is -0.141. The molecule has 0 saturated carbocycles. The molecular weight excluding hydrogens is 274 g/mol. The largest absolute Gasteiger partial charge is 0.480 e. The lowest BCUT2D eigenvalue weighted by atomic mass is 10.1. The number of nitrogens with zero attached hydrogens (tertiary/aromatic N) is 2. The number of β-amino-alcohol motifs (C(OH)–C–C–N with tert-alkyl or cyclic N) is 1. The molecule has 0 aromatic heterocycles. The first-order chi connectivity index (χ1) is 10.0. The highest BCUT2D eigenvalue weighted by Gasteiger charge is 2.38. The van der Waals surface area contributed by atoms with Gasteiger partial charge in [-0.2, -0.15) is 5.26 Å². The predicted molar refractivity (Wildman–Crippen MR) is 72.1 cm³/mol. The van der Waals surface area contributed by atoms with Crippen LogP contribution < -0.4 is 5.32 Å². The Bertz CT molecular complexity index is 579. The van der Waals surface area contributed by atoms with Crippen LogP contribution in [0.15, 0.2) is 24.3 Å². The molecule has 0 radical (unpaired) electrons. The summed E-state index contributed by atoms with van der Waals surface area (Å²) in [6.07, 6.45) is -0.772. The molecule has 2 rings (SSSR count). The third kappa shape index (κ3) is 3.49. The number of amides is 2. The number of carboxylic acid groups (broad SMARTS) is 1. The molecule has 1 heterocycles. The summed E-state index contributed by atoms with van der Waals surface area (Å²) in [5.74, 6) is -1.12. The van der Waals surface area contributed by atoms with Gasteiger partial charge < -0.3 is 20.4 Å². The van der Waals surface area contributed by atoms with Crippen LogP contribution in [0.2, 0.25) is 0 Å². The van der Waals surface area contributed by atoms with Crippen LogP contribution in [-0.4, -0.2) is 45.8 Å². The van der Waals surface area contributed by atoms with Gasteiger partial charge in [-0.1, -0.05) is 12.1 Å². The molecule has 1 aromatic carbocycles. The number of nitrogens with one attached hydrogen (secondary N) is 1. The molecule has 1 aliphatic heterocycles. The summed E-state index contributed by atoms with van der Waals surface area (Å²) in [7, 11) is 0. The zero-order valence-corrected chi connectivity index (χ0v) is 11.2. The molecule has 0 unspecified atom stereocenters. The van der Waals surface area contributed by atoms with Crippen molar-refractivity contribution in [2.24, 2.45) is 0 Å². The van der Waals surface area contributed by atoms with Crippen LogP contribution >= 0.6 is 0 Å². The molecular formula is C14H15N3O4. The Kier molecular flexibility index (Phi) is 4.40. The second-order valence-electron chi connectivity index (χ2n) is 4.86. The maximum atomic E-state index is 12.0. The number of nitriles is 1. The first kappa shape index (κ1) is 14.8. The van der Waals surface area contributed by atoms with Crippen molar-refractivity contribution in [2.45, 2.75) is 25.1 Å². The summed E-state index contributed by atoms with van der Waals surface area (Å²) in [6.45, 7) is 0.236. The topological polar surface area (TPSA) is 114 Å². The number of rotatable bonds is 3. The average Bonchev–Trinajstić information content (AvgIpc) is 2.87. The van der Waals surface area contributed by atoms with E-state index in [9.17, 15) is 14.7 Å². The third-order valence-electron chi connectivity index (χ3n) is 3.35. The van der Waals surface area contributed by atoms with E-state index in [0.717, 1.165) is 10.5 Å². The third-order valence-corrected chi connectivity index (χ3v) is 3.35. The van der Waals surface area contributed by atoms with E-state index in [2.05, 4.69) is 5.32 Å². The van der Waals surface area contributed by atoms with Gasteiger partial charge in [-0.3, -0.25) is 0 Å². The van der Waals surface area contributed by atoms with Crippen LogP contribution in [0, 0.1) is 11.3 Å². The van der Waals surface area contributed by atoms with Gasteiger partial charge in [0.1, 0.15) is 6.04 Å². The maximum Gasteiger partial charge on any atom is 0.326 e. The molecule has 21 heavy (non-hydrogen) atoms. The number of hydrogen-bond donors (Lipinski definition) is 3. The Labute approximate surface area is 121 Å². The minimum atomic E-state index is -1.12. The summed E-state index contributed by atoms with van der Waals surface area (Å²) in [5, 5.41) is 29.8. The fourth-order valence-corrected chi connectivity index (χ4v) is 2.25. The lowest BCUT2D eigenvalue weighted by Gasteiger charge is -2.21. The number of benzene rings is 1. The van der Waals surface area contributed by atoms with E-state index in [0.29, 0.717) is 5.56 Å². The number of urea groups is 1. The van der Waals surface area contributed by atoms with E-state index in [1.807, 2.05) is 6.07 Å². The minimum absolute atomic E-state index is 0.0101. The van der Waals surface area contributed by atoms with Crippen LogP contribution in [0.1, 0.15) is 17.5 Å². The van der Waals surface area contributed by atoms with E-state index in [1.54, 1.807) is 24.3 Å². The zero-order valence-electron chi connectivity index (χ0n) is 11.2. The van der Waals surface area contributed by atoms with Crippen LogP contribution in [0.25, 0.3) is 0 Å². The quantitative estimate of drug-likeness (QED) is 0.740. The van der Waals surface area contributed by atoms with Gasteiger partial charge in [0.05, 0.1) is 17.7 Å². The van der Waals surface area contributed by atoms with Gasteiger partial charge in [0.2, 0.25) is 0 Å². The van der Waals surface area contributed by atoms with Crippen LogP contribution in [0.3, 0.4) is 0 Å². The molecule has 0 aliphatic carbocycles. The Morgan fingerprint density at radius 3 is 2.62 bits per heavy atom. The Morgan fingerprint density at radius 1 is 1.38 bits per heavy atom. The summed E-state index contributed by atoms with van der Waals surface area (Å²) in [4.78, 5) is 24.2. The highest BCUT2D eigenvalue weighted by atomic mass is 16.4. The van der Waals surface area contributed by atoms with Crippen molar-refractivity contribution in [1.29, 1.82) is 5.26 Å². The first-order valence-corrected chi connectivity index (χ1v) is 6.45. The number of carbonyl (C=O) groups excluding carboxylic acids is 1. The van der Waals surface area contributed by atoms with Crippen LogP contribution in [0.4, 0.5) is 4.79 Å². The second-order valence-corrected chi connectivity index (χ2v) is 4.86. The van der Waals surface area contributed by atoms with E-state index >= 15 is 0 Å². The van der Waals surface area contributed by atoms with E-state index in [-0.39, 0.29) is 19.5 Å². The van der Waals surface area contributed by atoms with Crippen molar-refractivity contribution in [3.8, 4) is 6.07 Å². The molecule has 1 saturated heterocycles. The first-order valence-electron chi connectivity index (χ1n) is 6.45. The molecule has 2 atom stereocenters. The van der Waals surface area contributed by atoms with Crippen molar-refractivity contribution in [2.75, 3.05) is 6.54 Å². The molecule has 2 amide bonds. The fourth-order valence-electron chi connectivity index (χ4n) is 2.25. The van der Waals surface area contributed by atoms with Crippen molar-refractivity contribution in [1.82, 2.24) is 10.2 Å². The number of aliphatic carboxylic acids is 1. The van der Waals surface area contributed by atoms with Crippen LogP contribution in [-0.2, 0) is 11.3 Å². The summed E-state index contributed by atoms with van der Waals surface area (Å²) in [5.41, 5.74) is 1.33. The molecule has 110 valence electrons. The number of carbonyl (C=O) groups is 2. The summed E-state index contributed by atoms with van der Waals surface area (Å²) >= 11 is 0. The molecule has 1 aromatic rings. The van der Waals surface area contributed by atoms with E-state index in [4.69, 9.17) is 10.4 Å². The molecule has 0 bridgehead atoms. The Hall–Kier alpha value is -2.59. The minimum Gasteiger partial charge on any atom is -0.480 e. The number of likely N-dealkylation sites (tertiary alicyclic amines) is 1. The highest BCUT2D eigenvalue weighted by molar-refractivity contribution is 5.83. The standard InChI is InChI=1S/C14H15N3O4/c15-6-9-1-3-10(4-2-9)7-16-14(21)17-8-11(18)5-12(17)13(19)20/h1-4,11-12,18H,5,7-8H2,(H,16,21)(H,19,20)/t11-,12-/m1/s1. The lowest BCUT2D eigenvalue weighted by Crippen LogP contribution is -2.45. The number of hydrogen-bond acceptors (Lipinski definition) is 4. The second kappa shape index (κ2) is 6.24. The molecule has 0 spiro atoms. The SMILES string of the molecule is N#Cc1ccc(CNC(=O)N2C[C@H](O)C[C@@H]2C(=O)O)cc1. The van der Waals surface area contributed by atoms with Crippen LogP contribution in [0.5, 0.6) is 0 Å². The molecule has 3 N–H and O–H groups in total. The number of aliphatic hydroxyl groups is 1. The number of aliphatic hydroxyl groups excluding tert-OH is 1. The average molecular weight is 289 g/mol. The maximum absolute atomic E-state index is 12.0. The van der Waals surface area contributed by atoms with Gasteiger partial charge in [-0.25, -0.2) is 9.59 Å². The number of carboxylic acids is 1. The Morgan fingerprint density at radius 2 is 2.05 bits per heavy atom. The normalized spacial score (nSPS) is 20.9. The van der Waals surface area contributed by atoms with Gasteiger partial charge >= 0.3 is 12.0 Å². The molecule has 7 nitrogen and oxygen atoms in total. The summed E-state index contributed by atoms with van der Waals surface area (Å²) < 4.78 is 0. The van der Waals surface area contributed by atoms with Crippen molar-refractivity contribution in [3.63, 3.8) is 0 Å². The smallest absolute Gasteiger partial charge is 0.326 e.